The van der Waals surface area contributed by atoms with Crippen molar-refractivity contribution < 1.29 is 9.47 Å². The summed E-state index contributed by atoms with van der Waals surface area (Å²) in [6.07, 6.45) is 4.47. The van der Waals surface area contributed by atoms with E-state index in [9.17, 15) is 0 Å². The SMILES string of the molecule is CCCCCOc1ccc(CC(CN)c2cccc(OC)c2)cc1. The van der Waals surface area contributed by atoms with E-state index in [2.05, 4.69) is 43.3 Å². The Labute approximate surface area is 145 Å². The number of hydrogen-bond acceptors (Lipinski definition) is 3. The molecule has 0 bridgehead atoms. The molecule has 24 heavy (non-hydrogen) atoms. The highest BCUT2D eigenvalue weighted by molar-refractivity contribution is 5.33. The van der Waals surface area contributed by atoms with Crippen LogP contribution in [0.5, 0.6) is 11.5 Å². The molecule has 0 heterocycles. The summed E-state index contributed by atoms with van der Waals surface area (Å²) in [4.78, 5) is 0. The normalized spacial score (nSPS) is 12.0. The summed E-state index contributed by atoms with van der Waals surface area (Å²) >= 11 is 0. The molecule has 130 valence electrons. The summed E-state index contributed by atoms with van der Waals surface area (Å²) in [5.41, 5.74) is 8.49. The molecule has 3 heteroatoms. The van der Waals surface area contributed by atoms with Crippen LogP contribution in [0.1, 0.15) is 43.2 Å². The lowest BCUT2D eigenvalue weighted by atomic mass is 9.92. The second kappa shape index (κ2) is 9.99. The first-order chi connectivity index (χ1) is 11.8. The molecule has 0 aliphatic heterocycles. The monoisotopic (exact) mass is 327 g/mol. The second-order valence-corrected chi connectivity index (χ2v) is 6.11. The molecule has 0 aliphatic rings. The summed E-state index contributed by atoms with van der Waals surface area (Å²) in [6, 6.07) is 16.6. The van der Waals surface area contributed by atoms with Gasteiger partial charge in [-0.2, -0.15) is 0 Å². The van der Waals surface area contributed by atoms with Crippen LogP contribution < -0.4 is 15.2 Å². The third-order valence-electron chi connectivity index (χ3n) is 4.27. The molecule has 2 N–H and O–H groups in total. The zero-order valence-electron chi connectivity index (χ0n) is 14.8. The van der Waals surface area contributed by atoms with E-state index in [0.717, 1.165) is 30.9 Å². The molecule has 0 spiro atoms. The molecule has 1 atom stereocenters. The molecule has 2 aromatic rings. The first-order valence-electron chi connectivity index (χ1n) is 8.82. The highest BCUT2D eigenvalue weighted by Crippen LogP contribution is 2.24. The van der Waals surface area contributed by atoms with E-state index in [4.69, 9.17) is 15.2 Å². The van der Waals surface area contributed by atoms with E-state index in [1.165, 1.54) is 24.0 Å². The number of nitrogens with two attached hydrogens (primary N) is 1. The van der Waals surface area contributed by atoms with Gasteiger partial charge in [-0.05, 0) is 54.8 Å². The largest absolute Gasteiger partial charge is 0.497 e. The Bertz CT molecular complexity index is 595. The highest BCUT2D eigenvalue weighted by Gasteiger charge is 2.11. The van der Waals surface area contributed by atoms with Gasteiger partial charge in [0.15, 0.2) is 0 Å². The van der Waals surface area contributed by atoms with Gasteiger partial charge in [0.05, 0.1) is 13.7 Å². The van der Waals surface area contributed by atoms with Gasteiger partial charge in [-0.25, -0.2) is 0 Å². The molecule has 3 nitrogen and oxygen atoms in total. The van der Waals surface area contributed by atoms with Gasteiger partial charge in [0.2, 0.25) is 0 Å². The van der Waals surface area contributed by atoms with Crippen LogP contribution in [-0.4, -0.2) is 20.3 Å². The lowest BCUT2D eigenvalue weighted by Gasteiger charge is -2.16. The fourth-order valence-electron chi connectivity index (χ4n) is 2.78. The minimum atomic E-state index is 0.288. The lowest BCUT2D eigenvalue weighted by Crippen LogP contribution is -2.15. The third-order valence-corrected chi connectivity index (χ3v) is 4.27. The van der Waals surface area contributed by atoms with E-state index in [0.29, 0.717) is 6.54 Å². The Hall–Kier alpha value is -2.00. The maximum absolute atomic E-state index is 6.00. The summed E-state index contributed by atoms with van der Waals surface area (Å²) in [7, 11) is 1.69. The Kier molecular flexibility index (Phi) is 7.63. The van der Waals surface area contributed by atoms with Gasteiger partial charge >= 0.3 is 0 Å². The Morgan fingerprint density at radius 2 is 1.79 bits per heavy atom. The van der Waals surface area contributed by atoms with E-state index < -0.39 is 0 Å². The summed E-state index contributed by atoms with van der Waals surface area (Å²) in [6.45, 7) is 3.61. The van der Waals surface area contributed by atoms with Crippen molar-refractivity contribution >= 4 is 0 Å². The summed E-state index contributed by atoms with van der Waals surface area (Å²) < 4.78 is 11.1. The van der Waals surface area contributed by atoms with E-state index >= 15 is 0 Å². The smallest absolute Gasteiger partial charge is 0.119 e. The topological polar surface area (TPSA) is 44.5 Å². The van der Waals surface area contributed by atoms with E-state index in [1.54, 1.807) is 7.11 Å². The van der Waals surface area contributed by atoms with Crippen LogP contribution in [0, 0.1) is 0 Å². The molecule has 0 aliphatic carbocycles. The maximum atomic E-state index is 6.00. The molecular formula is C21H29NO2. The van der Waals surface area contributed by atoms with Crippen molar-refractivity contribution in [3.63, 3.8) is 0 Å². The Morgan fingerprint density at radius 3 is 2.46 bits per heavy atom. The molecule has 0 saturated heterocycles. The van der Waals surface area contributed by atoms with Crippen molar-refractivity contribution in [3.05, 3.63) is 59.7 Å². The molecule has 0 saturated carbocycles. The zero-order valence-corrected chi connectivity index (χ0v) is 14.8. The minimum Gasteiger partial charge on any atom is -0.497 e. The van der Waals surface area contributed by atoms with Crippen molar-refractivity contribution in [2.24, 2.45) is 5.73 Å². The van der Waals surface area contributed by atoms with E-state index in [1.807, 2.05) is 12.1 Å². The quantitative estimate of drug-likeness (QED) is 0.651. The average molecular weight is 327 g/mol. The summed E-state index contributed by atoms with van der Waals surface area (Å²) in [5, 5.41) is 0. The van der Waals surface area contributed by atoms with Crippen LogP contribution in [0.2, 0.25) is 0 Å². The first kappa shape index (κ1) is 18.3. The van der Waals surface area contributed by atoms with Gasteiger partial charge in [-0.15, -0.1) is 0 Å². The number of hydrogen-bond donors (Lipinski definition) is 1. The standard InChI is InChI=1S/C21H29NO2/c1-3-4-5-13-24-20-11-9-17(10-12-20)14-19(16-22)18-7-6-8-21(15-18)23-2/h6-12,15,19H,3-5,13-14,16,22H2,1-2H3. The van der Waals surface area contributed by atoms with Crippen molar-refractivity contribution in [3.8, 4) is 11.5 Å². The van der Waals surface area contributed by atoms with Crippen LogP contribution in [0.4, 0.5) is 0 Å². The molecule has 0 fully saturated rings. The van der Waals surface area contributed by atoms with E-state index in [-0.39, 0.29) is 5.92 Å². The third kappa shape index (κ3) is 5.57. The van der Waals surface area contributed by atoms with Gasteiger partial charge in [0.25, 0.3) is 0 Å². The number of methoxy groups -OCH3 is 1. The van der Waals surface area contributed by atoms with Crippen molar-refractivity contribution in [2.75, 3.05) is 20.3 Å². The maximum Gasteiger partial charge on any atom is 0.119 e. The molecule has 0 amide bonds. The van der Waals surface area contributed by atoms with Gasteiger partial charge in [-0.1, -0.05) is 44.0 Å². The highest BCUT2D eigenvalue weighted by atomic mass is 16.5. The number of benzene rings is 2. The van der Waals surface area contributed by atoms with Crippen LogP contribution in [-0.2, 0) is 6.42 Å². The molecule has 2 rings (SSSR count). The van der Waals surface area contributed by atoms with Gasteiger partial charge in [0, 0.05) is 5.92 Å². The van der Waals surface area contributed by atoms with Crippen molar-refractivity contribution in [1.82, 2.24) is 0 Å². The van der Waals surface area contributed by atoms with Crippen LogP contribution in [0.15, 0.2) is 48.5 Å². The Morgan fingerprint density at radius 1 is 1.00 bits per heavy atom. The fraction of sp³-hybridized carbons (Fsp3) is 0.429. The van der Waals surface area contributed by atoms with Crippen LogP contribution in [0.3, 0.4) is 0 Å². The first-order valence-corrected chi connectivity index (χ1v) is 8.82. The molecule has 2 aromatic carbocycles. The van der Waals surface area contributed by atoms with Crippen molar-refractivity contribution in [1.29, 1.82) is 0 Å². The summed E-state index contributed by atoms with van der Waals surface area (Å²) in [5.74, 6) is 2.11. The molecular weight excluding hydrogens is 298 g/mol. The number of rotatable bonds is 10. The molecule has 1 unspecified atom stereocenters. The second-order valence-electron chi connectivity index (χ2n) is 6.11. The fourth-order valence-corrected chi connectivity index (χ4v) is 2.78. The minimum absolute atomic E-state index is 0.288. The van der Waals surface area contributed by atoms with Crippen LogP contribution in [0.25, 0.3) is 0 Å². The van der Waals surface area contributed by atoms with Crippen molar-refractivity contribution in [2.45, 2.75) is 38.5 Å². The van der Waals surface area contributed by atoms with Gasteiger partial charge in [0.1, 0.15) is 11.5 Å². The predicted octanol–water partition coefficient (Wildman–Crippen LogP) is 4.55. The zero-order chi connectivity index (χ0) is 17.2. The van der Waals surface area contributed by atoms with Crippen LogP contribution >= 0.6 is 0 Å². The number of ether oxygens (including phenoxy) is 2. The molecule has 0 aromatic heterocycles. The lowest BCUT2D eigenvalue weighted by molar-refractivity contribution is 0.306. The number of unbranched alkanes of at least 4 members (excludes halogenated alkanes) is 2. The predicted molar refractivity (Wildman–Crippen MR) is 100.0 cm³/mol. The average Bonchev–Trinajstić information content (AvgIpc) is 2.64. The Balaban J connectivity index is 1.95. The molecule has 0 radical (unpaired) electrons. The van der Waals surface area contributed by atoms with Gasteiger partial charge in [-0.3, -0.25) is 0 Å². The van der Waals surface area contributed by atoms with Gasteiger partial charge < -0.3 is 15.2 Å².